The number of sulfonamides is 1. The Morgan fingerprint density at radius 3 is 2.23 bits per heavy atom. The third-order valence-electron chi connectivity index (χ3n) is 5.62. The number of hydrogen-bond acceptors (Lipinski definition) is 3. The van der Waals surface area contributed by atoms with E-state index in [1.54, 1.807) is 11.0 Å². The smallest absolute Gasteiger partial charge is 0.236 e. The first-order valence-electron chi connectivity index (χ1n) is 10.4. The van der Waals surface area contributed by atoms with E-state index in [0.717, 1.165) is 17.5 Å². The molecule has 0 bridgehead atoms. The van der Waals surface area contributed by atoms with E-state index in [1.165, 1.54) is 15.3 Å². The van der Waals surface area contributed by atoms with Gasteiger partial charge in [-0.25, -0.2) is 8.42 Å². The van der Waals surface area contributed by atoms with E-state index in [-0.39, 0.29) is 11.8 Å². The molecular weight excluding hydrogens is 396 g/mol. The van der Waals surface area contributed by atoms with Crippen molar-refractivity contribution in [2.45, 2.75) is 32.7 Å². The average molecular weight is 427 g/mol. The molecule has 2 aromatic carbocycles. The van der Waals surface area contributed by atoms with Crippen LogP contribution in [-0.2, 0) is 27.8 Å². The van der Waals surface area contributed by atoms with Gasteiger partial charge in [-0.15, -0.1) is 0 Å². The summed E-state index contributed by atoms with van der Waals surface area (Å²) in [5.41, 5.74) is 3.23. The lowest BCUT2D eigenvalue weighted by Gasteiger charge is -2.32. The molecular formula is C24H30N2O3S. The molecule has 160 valence electrons. The second-order valence-corrected chi connectivity index (χ2v) is 9.61. The molecule has 0 aromatic heterocycles. The van der Waals surface area contributed by atoms with Crippen LogP contribution in [0.3, 0.4) is 0 Å². The van der Waals surface area contributed by atoms with Gasteiger partial charge >= 0.3 is 0 Å². The van der Waals surface area contributed by atoms with Crippen molar-refractivity contribution in [3.8, 4) is 0 Å². The minimum Gasteiger partial charge on any atom is -0.341 e. The van der Waals surface area contributed by atoms with Gasteiger partial charge in [-0.3, -0.25) is 4.79 Å². The third kappa shape index (κ3) is 5.80. The molecule has 6 heteroatoms. The molecule has 0 aliphatic carbocycles. The Balaban J connectivity index is 1.53. The second-order valence-electron chi connectivity index (χ2n) is 7.80. The normalized spacial score (nSPS) is 16.1. The number of hydrogen-bond donors (Lipinski definition) is 0. The summed E-state index contributed by atoms with van der Waals surface area (Å²) in [6.45, 7) is 3.43. The van der Waals surface area contributed by atoms with Crippen LogP contribution in [0.25, 0.3) is 6.08 Å². The number of carbonyl (C=O) groups excluding carboxylic acids is 1. The minimum atomic E-state index is -3.48. The van der Waals surface area contributed by atoms with Crippen molar-refractivity contribution in [1.82, 2.24) is 9.21 Å². The van der Waals surface area contributed by atoms with E-state index in [4.69, 9.17) is 0 Å². The number of rotatable bonds is 7. The van der Waals surface area contributed by atoms with Crippen molar-refractivity contribution in [2.24, 2.45) is 5.92 Å². The summed E-state index contributed by atoms with van der Waals surface area (Å²) in [6.07, 6.45) is 3.72. The first kappa shape index (κ1) is 22.2. The fraction of sp³-hybridized carbons (Fsp3) is 0.375. The monoisotopic (exact) mass is 426 g/mol. The first-order valence-corrected chi connectivity index (χ1v) is 12.0. The SMILES string of the molecule is CCc1ccc(CN(C)C(=O)C2CCN(S(=O)(=O)/C=C/c3ccccc3)CC2)cc1. The predicted octanol–water partition coefficient (Wildman–Crippen LogP) is 3.92. The standard InChI is InChI=1S/C24H30N2O3S/c1-3-20-9-11-22(12-10-20)19-25(2)24(27)23-13-16-26(17-14-23)30(28,29)18-15-21-7-5-4-6-8-21/h4-12,15,18,23H,3,13-14,16-17,19H2,1-2H3/b18-15+. The molecule has 1 heterocycles. The summed E-state index contributed by atoms with van der Waals surface area (Å²) in [6, 6.07) is 17.7. The Labute approximate surface area is 180 Å². The van der Waals surface area contributed by atoms with Gasteiger partial charge in [0.1, 0.15) is 0 Å². The Kier molecular flexibility index (Phi) is 7.45. The number of aryl methyl sites for hydroxylation is 1. The van der Waals surface area contributed by atoms with E-state index in [9.17, 15) is 13.2 Å². The molecule has 1 fully saturated rings. The lowest BCUT2D eigenvalue weighted by Crippen LogP contribution is -2.42. The molecule has 2 aromatic rings. The Bertz CT molecular complexity index is 961. The largest absolute Gasteiger partial charge is 0.341 e. The Morgan fingerprint density at radius 2 is 1.63 bits per heavy atom. The van der Waals surface area contributed by atoms with Gasteiger partial charge in [0.25, 0.3) is 0 Å². The van der Waals surface area contributed by atoms with Crippen LogP contribution in [0.4, 0.5) is 0 Å². The van der Waals surface area contributed by atoms with Gasteiger partial charge in [0.2, 0.25) is 15.9 Å². The van der Waals surface area contributed by atoms with Crippen LogP contribution in [-0.4, -0.2) is 43.7 Å². The zero-order chi connectivity index (χ0) is 21.6. The quantitative estimate of drug-likeness (QED) is 0.674. The third-order valence-corrected chi connectivity index (χ3v) is 7.19. The number of nitrogens with zero attached hydrogens (tertiary/aromatic N) is 2. The number of piperidine rings is 1. The number of carbonyl (C=O) groups is 1. The molecule has 5 nitrogen and oxygen atoms in total. The molecule has 1 aliphatic heterocycles. The van der Waals surface area contributed by atoms with E-state index >= 15 is 0 Å². The Morgan fingerprint density at radius 1 is 1.03 bits per heavy atom. The minimum absolute atomic E-state index is 0.0893. The van der Waals surface area contributed by atoms with Crippen molar-refractivity contribution < 1.29 is 13.2 Å². The second kappa shape index (κ2) is 10.0. The van der Waals surface area contributed by atoms with Crippen molar-refractivity contribution in [2.75, 3.05) is 20.1 Å². The lowest BCUT2D eigenvalue weighted by molar-refractivity contribution is -0.135. The molecule has 1 saturated heterocycles. The highest BCUT2D eigenvalue weighted by Crippen LogP contribution is 2.23. The average Bonchev–Trinajstić information content (AvgIpc) is 2.78. The molecule has 3 rings (SSSR count). The van der Waals surface area contributed by atoms with Gasteiger partial charge in [0.05, 0.1) is 0 Å². The molecule has 0 saturated carbocycles. The summed E-state index contributed by atoms with van der Waals surface area (Å²) in [7, 11) is -1.66. The molecule has 0 atom stereocenters. The molecule has 0 radical (unpaired) electrons. The highest BCUT2D eigenvalue weighted by atomic mass is 32.2. The van der Waals surface area contributed by atoms with Gasteiger partial charge in [-0.05, 0) is 42.0 Å². The van der Waals surface area contributed by atoms with Crippen molar-refractivity contribution in [1.29, 1.82) is 0 Å². The summed E-state index contributed by atoms with van der Waals surface area (Å²) in [5.74, 6) is -0.0408. The van der Waals surface area contributed by atoms with Crippen molar-refractivity contribution in [3.05, 3.63) is 76.7 Å². The summed E-state index contributed by atoms with van der Waals surface area (Å²) >= 11 is 0. The topological polar surface area (TPSA) is 57.7 Å². The summed E-state index contributed by atoms with van der Waals surface area (Å²) in [4.78, 5) is 14.6. The van der Waals surface area contributed by atoms with E-state index in [2.05, 4.69) is 31.2 Å². The van der Waals surface area contributed by atoms with Crippen LogP contribution < -0.4 is 0 Å². The van der Waals surface area contributed by atoms with Gasteiger partial charge in [0.15, 0.2) is 0 Å². The molecule has 0 spiro atoms. The first-order chi connectivity index (χ1) is 14.4. The Hall–Kier alpha value is -2.44. The van der Waals surface area contributed by atoms with E-state index in [0.29, 0.717) is 32.5 Å². The molecule has 30 heavy (non-hydrogen) atoms. The van der Waals surface area contributed by atoms with Crippen molar-refractivity contribution >= 4 is 22.0 Å². The zero-order valence-electron chi connectivity index (χ0n) is 17.7. The van der Waals surface area contributed by atoms with Gasteiger partial charge in [-0.1, -0.05) is 61.5 Å². The van der Waals surface area contributed by atoms with Gasteiger partial charge in [-0.2, -0.15) is 4.31 Å². The predicted molar refractivity (Wildman–Crippen MR) is 121 cm³/mol. The van der Waals surface area contributed by atoms with Crippen LogP contribution >= 0.6 is 0 Å². The van der Waals surface area contributed by atoms with Crippen LogP contribution in [0, 0.1) is 5.92 Å². The number of amides is 1. The fourth-order valence-electron chi connectivity index (χ4n) is 3.72. The maximum absolute atomic E-state index is 12.8. The van der Waals surface area contributed by atoms with Crippen LogP contribution in [0.2, 0.25) is 0 Å². The van der Waals surface area contributed by atoms with Gasteiger partial charge < -0.3 is 4.90 Å². The highest BCUT2D eigenvalue weighted by molar-refractivity contribution is 7.92. The molecule has 0 unspecified atom stereocenters. The maximum Gasteiger partial charge on any atom is 0.236 e. The lowest BCUT2D eigenvalue weighted by atomic mass is 9.96. The summed E-state index contributed by atoms with van der Waals surface area (Å²) in [5, 5.41) is 1.26. The van der Waals surface area contributed by atoms with E-state index < -0.39 is 10.0 Å². The van der Waals surface area contributed by atoms with E-state index in [1.807, 2.05) is 37.4 Å². The zero-order valence-corrected chi connectivity index (χ0v) is 18.5. The number of benzene rings is 2. The fourth-order valence-corrected chi connectivity index (χ4v) is 4.94. The maximum atomic E-state index is 12.8. The molecule has 0 N–H and O–H groups in total. The molecule has 1 amide bonds. The highest BCUT2D eigenvalue weighted by Gasteiger charge is 2.31. The molecule has 1 aliphatic rings. The summed E-state index contributed by atoms with van der Waals surface area (Å²) < 4.78 is 26.7. The van der Waals surface area contributed by atoms with Gasteiger partial charge in [0, 0.05) is 38.0 Å². The van der Waals surface area contributed by atoms with Crippen molar-refractivity contribution in [3.63, 3.8) is 0 Å². The van der Waals surface area contributed by atoms with Crippen LogP contribution in [0.1, 0.15) is 36.5 Å². The van der Waals surface area contributed by atoms with Crippen LogP contribution in [0.5, 0.6) is 0 Å². The van der Waals surface area contributed by atoms with Crippen LogP contribution in [0.15, 0.2) is 60.0 Å².